The Labute approximate surface area is 399 Å². The third kappa shape index (κ3) is 6.32. The standard InChI is InChI=1S/C64H48BNOSi/c1-41-18-15-28-53-50-25-16-26-51-54-39-56-49-37-34-45(66(44-32-35-46(36-33-44)68(2,3)4)59-30-14-12-24-48(59)43-21-9-6-10-22-43)38-61(49)67-60-31-17-27-52(63(56)60)55(54)40-58(62(50)51)65(64(41)53)57-29-13-11-23-47(57)42-19-7-5-8-20-42/h5-40H,1-4H3. The van der Waals surface area contributed by atoms with E-state index in [2.05, 4.69) is 250 Å². The molecule has 0 saturated heterocycles. The van der Waals surface area contributed by atoms with E-state index in [9.17, 15) is 0 Å². The van der Waals surface area contributed by atoms with E-state index in [1.54, 1.807) is 0 Å². The molecule has 0 bridgehead atoms. The van der Waals surface area contributed by atoms with Crippen molar-refractivity contribution >= 4 is 85.7 Å². The van der Waals surface area contributed by atoms with Crippen molar-refractivity contribution in [1.82, 2.24) is 0 Å². The summed E-state index contributed by atoms with van der Waals surface area (Å²) in [6.07, 6.45) is 0. The highest BCUT2D eigenvalue weighted by atomic mass is 28.3. The molecule has 68 heavy (non-hydrogen) atoms. The fraction of sp³-hybridized carbons (Fsp3) is 0.0625. The molecule has 0 aromatic heterocycles. The third-order valence-corrected chi connectivity index (χ3v) is 16.7. The molecule has 2 nitrogen and oxygen atoms in total. The minimum absolute atomic E-state index is 0.0346. The summed E-state index contributed by atoms with van der Waals surface area (Å²) in [6.45, 7) is 9.55. The summed E-state index contributed by atoms with van der Waals surface area (Å²) in [6, 6.07) is 80.9. The van der Waals surface area contributed by atoms with Gasteiger partial charge in [0.25, 0.3) is 0 Å². The number of ether oxygens (including phenoxy) is 1. The van der Waals surface area contributed by atoms with Crippen LogP contribution in [0.1, 0.15) is 5.56 Å². The summed E-state index contributed by atoms with van der Waals surface area (Å²) in [5.74, 6) is 1.74. The van der Waals surface area contributed by atoms with E-state index in [0.29, 0.717) is 0 Å². The zero-order valence-electron chi connectivity index (χ0n) is 38.7. The maximum atomic E-state index is 7.11. The molecule has 0 fully saturated rings. The quantitative estimate of drug-likeness (QED) is 0.117. The molecule has 0 amide bonds. The second-order valence-electron chi connectivity index (χ2n) is 19.6. The Hall–Kier alpha value is -7.92. The second kappa shape index (κ2) is 15.6. The van der Waals surface area contributed by atoms with E-state index >= 15 is 0 Å². The van der Waals surface area contributed by atoms with Gasteiger partial charge in [0.05, 0.1) is 13.8 Å². The first-order chi connectivity index (χ1) is 33.3. The Balaban J connectivity index is 1.03. The molecule has 2 heterocycles. The average Bonchev–Trinajstić information content (AvgIpc) is 3.37. The number of fused-ring (bicyclic) bond motifs is 7. The maximum Gasteiger partial charge on any atom is 0.244 e. The van der Waals surface area contributed by atoms with Crippen molar-refractivity contribution in [2.75, 3.05) is 4.90 Å². The largest absolute Gasteiger partial charge is 0.456 e. The number of para-hydroxylation sites is 1. The van der Waals surface area contributed by atoms with Gasteiger partial charge in [-0.15, -0.1) is 0 Å². The highest BCUT2D eigenvalue weighted by Crippen LogP contribution is 2.52. The van der Waals surface area contributed by atoms with Crippen molar-refractivity contribution in [2.24, 2.45) is 0 Å². The summed E-state index contributed by atoms with van der Waals surface area (Å²) >= 11 is 0. The molecule has 0 aliphatic carbocycles. The lowest BCUT2D eigenvalue weighted by Gasteiger charge is -2.31. The molecule has 0 radical (unpaired) electrons. The predicted octanol–water partition coefficient (Wildman–Crippen LogP) is 15.1. The third-order valence-electron chi connectivity index (χ3n) is 14.6. The molecule has 0 spiro atoms. The number of hydrogen-bond donors (Lipinski definition) is 0. The van der Waals surface area contributed by atoms with Crippen molar-refractivity contribution in [3.63, 3.8) is 0 Å². The van der Waals surface area contributed by atoms with Crippen molar-refractivity contribution < 1.29 is 4.74 Å². The van der Waals surface area contributed by atoms with Crippen LogP contribution in [0.25, 0.3) is 76.8 Å². The normalized spacial score (nSPS) is 12.5. The molecule has 11 aromatic carbocycles. The lowest BCUT2D eigenvalue weighted by atomic mass is 9.32. The van der Waals surface area contributed by atoms with Crippen LogP contribution in [0.2, 0.25) is 19.6 Å². The number of hydrogen-bond acceptors (Lipinski definition) is 2. The molecular weight excluding hydrogens is 838 g/mol. The highest BCUT2D eigenvalue weighted by molar-refractivity contribution is 6.99. The Bertz CT molecular complexity index is 3820. The molecular formula is C64H48BNOSi. The van der Waals surface area contributed by atoms with Crippen LogP contribution in [0.4, 0.5) is 17.1 Å². The van der Waals surface area contributed by atoms with Crippen molar-refractivity contribution in [3.05, 3.63) is 224 Å². The van der Waals surface area contributed by atoms with Crippen LogP contribution in [-0.4, -0.2) is 14.8 Å². The van der Waals surface area contributed by atoms with Crippen LogP contribution in [0.3, 0.4) is 0 Å². The van der Waals surface area contributed by atoms with Gasteiger partial charge in [-0.25, -0.2) is 0 Å². The van der Waals surface area contributed by atoms with Gasteiger partial charge in [0, 0.05) is 34.0 Å². The van der Waals surface area contributed by atoms with E-state index in [4.69, 9.17) is 4.74 Å². The monoisotopic (exact) mass is 885 g/mol. The van der Waals surface area contributed by atoms with Crippen LogP contribution in [0, 0.1) is 6.92 Å². The minimum Gasteiger partial charge on any atom is -0.456 e. The molecule has 13 rings (SSSR count). The highest BCUT2D eigenvalue weighted by Gasteiger charge is 2.36. The van der Waals surface area contributed by atoms with E-state index in [1.807, 2.05) is 0 Å². The second-order valence-corrected chi connectivity index (χ2v) is 24.7. The topological polar surface area (TPSA) is 12.5 Å². The zero-order chi connectivity index (χ0) is 45.7. The van der Waals surface area contributed by atoms with E-state index in [1.165, 1.54) is 93.0 Å². The Morgan fingerprint density at radius 3 is 1.76 bits per heavy atom. The molecule has 0 atom stereocenters. The molecule has 0 saturated carbocycles. The Kier molecular flexibility index (Phi) is 9.25. The molecule has 4 heteroatoms. The van der Waals surface area contributed by atoms with E-state index in [-0.39, 0.29) is 6.71 Å². The van der Waals surface area contributed by atoms with Gasteiger partial charge in [-0.1, -0.05) is 217 Å². The van der Waals surface area contributed by atoms with Crippen LogP contribution >= 0.6 is 0 Å². The molecule has 322 valence electrons. The number of benzene rings is 11. The smallest absolute Gasteiger partial charge is 0.244 e. The Morgan fingerprint density at radius 1 is 0.397 bits per heavy atom. The number of nitrogens with zero attached hydrogens (tertiary/aromatic N) is 1. The number of anilines is 3. The minimum atomic E-state index is -1.52. The summed E-state index contributed by atoms with van der Waals surface area (Å²) in [5, 5.41) is 8.93. The van der Waals surface area contributed by atoms with Gasteiger partial charge in [0.15, 0.2) is 0 Å². The number of aryl methyl sites for hydroxylation is 1. The summed E-state index contributed by atoms with van der Waals surface area (Å²) in [4.78, 5) is 2.40. The molecule has 0 unspecified atom stereocenters. The zero-order valence-corrected chi connectivity index (χ0v) is 39.7. The van der Waals surface area contributed by atoms with Gasteiger partial charge < -0.3 is 9.64 Å². The molecule has 11 aromatic rings. The Morgan fingerprint density at radius 2 is 1.00 bits per heavy atom. The lowest BCUT2D eigenvalue weighted by Crippen LogP contribution is -2.56. The SMILES string of the molecule is Cc1cccc2c1B(c1ccccc1-c1ccccc1)c1cc3c4cccc5c4c(cc3c3cccc-2c13)-c1ccc(N(c2ccc([Si](C)(C)C)cc2)c2ccccc2-c2ccccc2)cc1O5. The van der Waals surface area contributed by atoms with Gasteiger partial charge >= 0.3 is 0 Å². The maximum absolute atomic E-state index is 7.11. The van der Waals surface area contributed by atoms with Crippen molar-refractivity contribution in [3.8, 4) is 56.0 Å². The van der Waals surface area contributed by atoms with Crippen molar-refractivity contribution in [1.29, 1.82) is 0 Å². The van der Waals surface area contributed by atoms with Crippen LogP contribution < -0.4 is 31.2 Å². The lowest BCUT2D eigenvalue weighted by molar-refractivity contribution is 0.487. The fourth-order valence-electron chi connectivity index (χ4n) is 11.5. The molecule has 0 N–H and O–H groups in total. The summed E-state index contributed by atoms with van der Waals surface area (Å²) in [5.41, 5.74) is 18.4. The van der Waals surface area contributed by atoms with Gasteiger partial charge in [0.1, 0.15) is 11.5 Å². The van der Waals surface area contributed by atoms with Crippen LogP contribution in [0.5, 0.6) is 11.5 Å². The first-order valence-corrected chi connectivity index (χ1v) is 27.4. The first kappa shape index (κ1) is 40.4. The van der Waals surface area contributed by atoms with Gasteiger partial charge in [-0.05, 0) is 110 Å². The summed E-state index contributed by atoms with van der Waals surface area (Å²) in [7, 11) is -1.52. The van der Waals surface area contributed by atoms with Crippen molar-refractivity contribution in [2.45, 2.75) is 26.6 Å². The van der Waals surface area contributed by atoms with Gasteiger partial charge in [-0.2, -0.15) is 0 Å². The fourth-order valence-corrected chi connectivity index (χ4v) is 12.6. The van der Waals surface area contributed by atoms with Gasteiger partial charge in [0.2, 0.25) is 6.71 Å². The average molecular weight is 886 g/mol. The van der Waals surface area contributed by atoms with Gasteiger partial charge in [-0.3, -0.25) is 0 Å². The van der Waals surface area contributed by atoms with Crippen LogP contribution in [-0.2, 0) is 0 Å². The van der Waals surface area contributed by atoms with Crippen LogP contribution in [0.15, 0.2) is 218 Å². The number of rotatable bonds is 7. The predicted molar refractivity (Wildman–Crippen MR) is 294 cm³/mol. The first-order valence-electron chi connectivity index (χ1n) is 23.9. The van der Waals surface area contributed by atoms with E-state index < -0.39 is 8.07 Å². The molecule has 2 aliphatic heterocycles. The molecule has 2 aliphatic rings. The van der Waals surface area contributed by atoms with E-state index in [0.717, 1.165) is 39.5 Å². The summed E-state index contributed by atoms with van der Waals surface area (Å²) < 4.78 is 7.11.